The van der Waals surface area contributed by atoms with Crippen LogP contribution in [0.5, 0.6) is 0 Å². The molecule has 0 amide bonds. The van der Waals surface area contributed by atoms with Crippen LogP contribution in [0, 0.1) is 12.3 Å². The third kappa shape index (κ3) is 3.96. The lowest BCUT2D eigenvalue weighted by Crippen LogP contribution is -2.48. The summed E-state index contributed by atoms with van der Waals surface area (Å²) in [6.07, 6.45) is 6.57. The monoisotopic (exact) mass is 367 g/mol. The fraction of sp³-hybridized carbons (Fsp3) is 0.542. The highest BCUT2D eigenvalue weighted by Gasteiger charge is 2.33. The molecule has 0 N–H and O–H groups in total. The van der Waals surface area contributed by atoms with Crippen molar-refractivity contribution in [3.63, 3.8) is 0 Å². The highest BCUT2D eigenvalue weighted by Crippen LogP contribution is 2.42. The van der Waals surface area contributed by atoms with E-state index in [-0.39, 0.29) is 0 Å². The van der Waals surface area contributed by atoms with E-state index in [1.165, 1.54) is 27.6 Å². The van der Waals surface area contributed by atoms with Gasteiger partial charge in [-0.2, -0.15) is 0 Å². The minimum atomic E-state index is -1.55. The van der Waals surface area contributed by atoms with Gasteiger partial charge in [-0.3, -0.25) is 0 Å². The van der Waals surface area contributed by atoms with Crippen LogP contribution in [0.15, 0.2) is 36.5 Å². The van der Waals surface area contributed by atoms with Gasteiger partial charge in [0.05, 0.1) is 8.07 Å². The molecule has 140 valence electrons. The summed E-state index contributed by atoms with van der Waals surface area (Å²) >= 11 is 0. The second-order valence-electron chi connectivity index (χ2n) is 9.93. The normalized spacial score (nSPS) is 19.9. The molecule has 3 rings (SSSR count). The quantitative estimate of drug-likeness (QED) is 0.483. The summed E-state index contributed by atoms with van der Waals surface area (Å²) in [5, 5.41) is 1.46. The Labute approximate surface area is 162 Å². The third-order valence-electron chi connectivity index (χ3n) is 6.09. The number of hydrogen-bond donors (Lipinski definition) is 0. The average molecular weight is 368 g/mol. The Morgan fingerprint density at radius 1 is 1.12 bits per heavy atom. The molecule has 0 aliphatic heterocycles. The van der Waals surface area contributed by atoms with E-state index in [0.29, 0.717) is 5.41 Å². The van der Waals surface area contributed by atoms with E-state index in [2.05, 4.69) is 88.6 Å². The molecule has 1 heterocycles. The molecular formula is C24H36NSi+. The average Bonchev–Trinajstić information content (AvgIpc) is 2.57. The first-order valence-corrected chi connectivity index (χ1v) is 13.5. The molecule has 0 radical (unpaired) electrons. The summed E-state index contributed by atoms with van der Waals surface area (Å²) in [4.78, 5) is 0. The zero-order valence-electron chi connectivity index (χ0n) is 18.7. The number of hydrogen-bond acceptors (Lipinski definition) is 0. The molecule has 1 saturated carbocycles. The highest BCUT2D eigenvalue weighted by atomic mass is 28.3. The van der Waals surface area contributed by atoms with E-state index in [9.17, 15) is 1.37 Å². The number of aromatic nitrogens is 1. The van der Waals surface area contributed by atoms with Gasteiger partial charge >= 0.3 is 0 Å². The molecule has 2 aromatic rings. The van der Waals surface area contributed by atoms with Gasteiger partial charge in [0.2, 0.25) is 5.69 Å². The molecule has 1 aliphatic carbocycles. The molecule has 0 bridgehead atoms. The zero-order chi connectivity index (χ0) is 20.0. The number of aryl methyl sites for hydroxylation is 2. The molecule has 1 aliphatic rings. The summed E-state index contributed by atoms with van der Waals surface area (Å²) < 4.78 is 11.7. The van der Waals surface area contributed by atoms with Crippen molar-refractivity contribution in [1.82, 2.24) is 0 Å². The van der Waals surface area contributed by atoms with Crippen LogP contribution in [0.4, 0.5) is 0 Å². The van der Waals surface area contributed by atoms with Crippen molar-refractivity contribution in [2.75, 3.05) is 0 Å². The molecule has 1 aromatic heterocycles. The number of rotatable bonds is 3. The molecule has 1 aromatic carbocycles. The van der Waals surface area contributed by atoms with E-state index < -0.39 is 14.0 Å². The van der Waals surface area contributed by atoms with E-state index in [4.69, 9.17) is 0 Å². The van der Waals surface area contributed by atoms with Gasteiger partial charge in [-0.15, -0.1) is 0 Å². The van der Waals surface area contributed by atoms with Crippen molar-refractivity contribution in [3.8, 4) is 11.3 Å². The molecular weight excluding hydrogens is 330 g/mol. The Morgan fingerprint density at radius 3 is 2.31 bits per heavy atom. The minimum absolute atomic E-state index is 0.377. The van der Waals surface area contributed by atoms with Crippen LogP contribution in [0.2, 0.25) is 19.6 Å². The van der Waals surface area contributed by atoms with Gasteiger partial charge in [0, 0.05) is 18.2 Å². The molecule has 1 nitrogen and oxygen atoms in total. The Balaban J connectivity index is 2.19. The van der Waals surface area contributed by atoms with Crippen LogP contribution >= 0.6 is 0 Å². The standard InChI is InChI=1S/C24H36NSi/c1-18-10-8-9-11-20(18)22-16-21(19-12-14-24(2,3)15-13-19)23(17-25(22)4)26(5,6)7/h8-11,16-17,19H,12-15H2,1-7H3/q+1/i19D. The molecule has 26 heavy (non-hydrogen) atoms. The maximum atomic E-state index is 9.46. The topological polar surface area (TPSA) is 3.88 Å². The molecule has 0 atom stereocenters. The summed E-state index contributed by atoms with van der Waals surface area (Å²) in [7, 11) is 0.608. The summed E-state index contributed by atoms with van der Waals surface area (Å²) in [6, 6.07) is 11.0. The number of pyridine rings is 1. The summed E-state index contributed by atoms with van der Waals surface area (Å²) in [6.45, 7) is 14.1. The van der Waals surface area contributed by atoms with Crippen LogP contribution in [0.1, 0.15) is 57.9 Å². The van der Waals surface area contributed by atoms with Crippen molar-refractivity contribution < 1.29 is 5.94 Å². The van der Waals surface area contributed by atoms with Crippen molar-refractivity contribution in [1.29, 1.82) is 0 Å². The van der Waals surface area contributed by atoms with Crippen molar-refractivity contribution in [3.05, 3.63) is 47.7 Å². The molecule has 2 heteroatoms. The van der Waals surface area contributed by atoms with Gasteiger partial charge in [-0.05, 0) is 61.1 Å². The Hall–Kier alpha value is -1.41. The SMILES string of the molecule is [2H]C1(c2cc(-c3ccccc3C)[n+](C)cc2[Si](C)(C)C)CCC(C)(C)CC1. The van der Waals surface area contributed by atoms with E-state index in [0.717, 1.165) is 25.7 Å². The lowest BCUT2D eigenvalue weighted by molar-refractivity contribution is -0.659. The first-order valence-electron chi connectivity index (χ1n) is 10.5. The van der Waals surface area contributed by atoms with E-state index >= 15 is 0 Å². The first-order chi connectivity index (χ1) is 12.4. The maximum Gasteiger partial charge on any atom is 0.212 e. The largest absolute Gasteiger partial charge is 0.212 e. The molecule has 0 spiro atoms. The van der Waals surface area contributed by atoms with Gasteiger partial charge in [-0.1, -0.05) is 51.7 Å². The molecule has 0 unspecified atom stereocenters. The summed E-state index contributed by atoms with van der Waals surface area (Å²) in [5.74, 6) is -0.448. The van der Waals surface area contributed by atoms with Gasteiger partial charge < -0.3 is 0 Å². The first kappa shape index (κ1) is 18.0. The predicted octanol–water partition coefficient (Wildman–Crippen LogP) is 5.72. The van der Waals surface area contributed by atoms with Gasteiger partial charge in [0.15, 0.2) is 6.20 Å². The van der Waals surface area contributed by atoms with E-state index in [1.54, 1.807) is 0 Å². The van der Waals surface area contributed by atoms with Gasteiger partial charge in [0.1, 0.15) is 7.05 Å². The number of nitrogens with zero attached hydrogens (tertiary/aromatic N) is 1. The fourth-order valence-corrected chi connectivity index (χ4v) is 5.80. The Bertz CT molecular complexity index is 838. The summed E-state index contributed by atoms with van der Waals surface area (Å²) in [5.41, 5.74) is 5.49. The second-order valence-corrected chi connectivity index (χ2v) is 15.0. The molecule has 1 fully saturated rings. The van der Waals surface area contributed by atoms with Crippen LogP contribution in [0.25, 0.3) is 11.3 Å². The van der Waals surface area contributed by atoms with Crippen molar-refractivity contribution in [2.24, 2.45) is 12.5 Å². The fourth-order valence-electron chi connectivity index (χ4n) is 4.17. The Morgan fingerprint density at radius 2 is 1.73 bits per heavy atom. The van der Waals surface area contributed by atoms with Crippen LogP contribution in [-0.2, 0) is 7.05 Å². The minimum Gasteiger partial charge on any atom is -0.201 e. The second kappa shape index (κ2) is 6.96. The van der Waals surface area contributed by atoms with Crippen LogP contribution in [-0.4, -0.2) is 8.07 Å². The van der Waals surface area contributed by atoms with E-state index in [1.807, 2.05) is 0 Å². The maximum absolute atomic E-state index is 9.46. The van der Waals surface area contributed by atoms with Crippen molar-refractivity contribution in [2.45, 2.75) is 72.0 Å². The number of benzene rings is 1. The van der Waals surface area contributed by atoms with Crippen LogP contribution < -0.4 is 9.75 Å². The van der Waals surface area contributed by atoms with Crippen molar-refractivity contribution >= 4 is 13.3 Å². The third-order valence-corrected chi connectivity index (χ3v) is 8.11. The van der Waals surface area contributed by atoms with Gasteiger partial charge in [-0.25, -0.2) is 4.57 Å². The lowest BCUT2D eigenvalue weighted by Gasteiger charge is -2.36. The van der Waals surface area contributed by atoms with Crippen LogP contribution in [0.3, 0.4) is 0 Å². The highest BCUT2D eigenvalue weighted by molar-refractivity contribution is 6.89. The smallest absolute Gasteiger partial charge is 0.201 e. The molecule has 0 saturated heterocycles. The predicted molar refractivity (Wildman–Crippen MR) is 116 cm³/mol. The van der Waals surface area contributed by atoms with Gasteiger partial charge in [0.25, 0.3) is 0 Å². The Kier molecular flexibility index (Phi) is 4.81. The lowest BCUT2D eigenvalue weighted by atomic mass is 9.71. The zero-order valence-corrected chi connectivity index (χ0v) is 18.7.